The van der Waals surface area contributed by atoms with Gasteiger partial charge < -0.3 is 4.84 Å². The standard InChI is InChI=1S/C12H14ClNO/c1-8(14-15-2)11-7-12(11)9-3-5-10(13)6-4-9/h3-6,11-12H,7H2,1-2H3/b14-8+. The molecule has 1 aromatic carbocycles. The Hall–Kier alpha value is -1.02. The topological polar surface area (TPSA) is 21.6 Å². The largest absolute Gasteiger partial charge is 0.399 e. The Morgan fingerprint density at radius 3 is 2.67 bits per heavy atom. The molecule has 0 bridgehead atoms. The quantitative estimate of drug-likeness (QED) is 0.568. The molecule has 0 N–H and O–H groups in total. The third-order valence-corrected chi connectivity index (χ3v) is 3.11. The monoisotopic (exact) mass is 223 g/mol. The van der Waals surface area contributed by atoms with Gasteiger partial charge in [0.1, 0.15) is 7.11 Å². The van der Waals surface area contributed by atoms with Crippen LogP contribution < -0.4 is 0 Å². The van der Waals surface area contributed by atoms with E-state index >= 15 is 0 Å². The third-order valence-electron chi connectivity index (χ3n) is 2.86. The number of hydrogen-bond acceptors (Lipinski definition) is 2. The summed E-state index contributed by atoms with van der Waals surface area (Å²) in [6.45, 7) is 2.02. The molecule has 0 aliphatic heterocycles. The van der Waals surface area contributed by atoms with Crippen LogP contribution in [0, 0.1) is 5.92 Å². The van der Waals surface area contributed by atoms with Gasteiger partial charge in [-0.25, -0.2) is 0 Å². The average molecular weight is 224 g/mol. The van der Waals surface area contributed by atoms with E-state index in [4.69, 9.17) is 16.4 Å². The molecule has 2 unspecified atom stereocenters. The summed E-state index contributed by atoms with van der Waals surface area (Å²) in [4.78, 5) is 4.78. The molecule has 1 fully saturated rings. The lowest BCUT2D eigenvalue weighted by Gasteiger charge is -2.00. The van der Waals surface area contributed by atoms with E-state index in [-0.39, 0.29) is 0 Å². The van der Waals surface area contributed by atoms with E-state index in [0.29, 0.717) is 11.8 Å². The minimum atomic E-state index is 0.547. The van der Waals surface area contributed by atoms with Crippen LogP contribution in [0.25, 0.3) is 0 Å². The van der Waals surface area contributed by atoms with Crippen molar-refractivity contribution >= 4 is 17.3 Å². The minimum absolute atomic E-state index is 0.547. The summed E-state index contributed by atoms with van der Waals surface area (Å²) >= 11 is 5.84. The maximum Gasteiger partial charge on any atom is 0.106 e. The van der Waals surface area contributed by atoms with Crippen LogP contribution in [0.2, 0.25) is 5.02 Å². The number of oxime groups is 1. The maximum absolute atomic E-state index is 5.84. The first-order chi connectivity index (χ1) is 7.22. The fraction of sp³-hybridized carbons (Fsp3) is 0.417. The van der Waals surface area contributed by atoms with Gasteiger partial charge in [0, 0.05) is 10.9 Å². The molecule has 0 radical (unpaired) electrons. The molecule has 0 saturated heterocycles. The molecule has 3 heteroatoms. The third kappa shape index (κ3) is 2.32. The zero-order valence-electron chi connectivity index (χ0n) is 8.90. The van der Waals surface area contributed by atoms with E-state index in [1.54, 1.807) is 7.11 Å². The van der Waals surface area contributed by atoms with Gasteiger partial charge in [-0.15, -0.1) is 0 Å². The van der Waals surface area contributed by atoms with Gasteiger partial charge in [0.15, 0.2) is 0 Å². The molecule has 2 atom stereocenters. The van der Waals surface area contributed by atoms with Gasteiger partial charge in [-0.3, -0.25) is 0 Å². The summed E-state index contributed by atoms with van der Waals surface area (Å²) in [5.74, 6) is 1.15. The number of halogens is 1. The molecule has 1 aliphatic carbocycles. The van der Waals surface area contributed by atoms with Gasteiger partial charge in [0.05, 0.1) is 5.71 Å². The first-order valence-electron chi connectivity index (χ1n) is 5.05. The smallest absolute Gasteiger partial charge is 0.106 e. The molecule has 1 aromatic rings. The Balaban J connectivity index is 2.05. The fourth-order valence-corrected chi connectivity index (χ4v) is 2.07. The van der Waals surface area contributed by atoms with Crippen LogP contribution in [0.5, 0.6) is 0 Å². The lowest BCUT2D eigenvalue weighted by molar-refractivity contribution is 0.212. The van der Waals surface area contributed by atoms with Gasteiger partial charge in [-0.1, -0.05) is 28.9 Å². The van der Waals surface area contributed by atoms with Crippen LogP contribution in [0.15, 0.2) is 29.4 Å². The second-order valence-electron chi connectivity index (χ2n) is 3.92. The average Bonchev–Trinajstić information content (AvgIpc) is 2.99. The lowest BCUT2D eigenvalue weighted by Crippen LogP contribution is -1.97. The highest BCUT2D eigenvalue weighted by atomic mass is 35.5. The Bertz CT molecular complexity index is 372. The first-order valence-corrected chi connectivity index (χ1v) is 5.43. The van der Waals surface area contributed by atoms with Gasteiger partial charge >= 0.3 is 0 Å². The molecule has 0 aromatic heterocycles. The van der Waals surface area contributed by atoms with Crippen molar-refractivity contribution in [2.45, 2.75) is 19.3 Å². The normalized spacial score (nSPS) is 25.1. The van der Waals surface area contributed by atoms with Gasteiger partial charge in [-0.05, 0) is 37.0 Å². The van der Waals surface area contributed by atoms with Gasteiger partial charge in [0.2, 0.25) is 0 Å². The predicted octanol–water partition coefficient (Wildman–Crippen LogP) is 3.47. The van der Waals surface area contributed by atoms with Crippen molar-refractivity contribution in [1.82, 2.24) is 0 Å². The van der Waals surface area contributed by atoms with Crippen molar-refractivity contribution in [3.8, 4) is 0 Å². The van der Waals surface area contributed by atoms with Crippen LogP contribution in [0.4, 0.5) is 0 Å². The van der Waals surface area contributed by atoms with E-state index in [1.165, 1.54) is 12.0 Å². The zero-order valence-corrected chi connectivity index (χ0v) is 9.66. The van der Waals surface area contributed by atoms with Crippen molar-refractivity contribution in [1.29, 1.82) is 0 Å². The summed E-state index contributed by atoms with van der Waals surface area (Å²) in [5, 5.41) is 4.76. The van der Waals surface area contributed by atoms with Crippen molar-refractivity contribution in [3.05, 3.63) is 34.9 Å². The SMILES string of the molecule is CO/N=C(\C)C1CC1c1ccc(Cl)cc1. The van der Waals surface area contributed by atoms with Crippen LogP contribution in [0.3, 0.4) is 0 Å². The summed E-state index contributed by atoms with van der Waals surface area (Å²) in [6, 6.07) is 8.06. The van der Waals surface area contributed by atoms with E-state index in [2.05, 4.69) is 17.3 Å². The molecule has 15 heavy (non-hydrogen) atoms. The molecule has 0 spiro atoms. The lowest BCUT2D eigenvalue weighted by atomic mass is 10.1. The Morgan fingerprint density at radius 2 is 2.07 bits per heavy atom. The second kappa shape index (κ2) is 4.23. The van der Waals surface area contributed by atoms with Crippen LogP contribution in [-0.4, -0.2) is 12.8 Å². The Labute approximate surface area is 94.9 Å². The molecular formula is C12H14ClNO. The van der Waals surface area contributed by atoms with Crippen molar-refractivity contribution in [3.63, 3.8) is 0 Å². The van der Waals surface area contributed by atoms with E-state index in [9.17, 15) is 0 Å². The van der Waals surface area contributed by atoms with E-state index < -0.39 is 0 Å². The fourth-order valence-electron chi connectivity index (χ4n) is 1.95. The van der Waals surface area contributed by atoms with Crippen molar-refractivity contribution in [2.75, 3.05) is 7.11 Å². The van der Waals surface area contributed by atoms with Gasteiger partial charge in [0.25, 0.3) is 0 Å². The van der Waals surface area contributed by atoms with Crippen LogP contribution in [-0.2, 0) is 4.84 Å². The summed E-state index contributed by atoms with van der Waals surface area (Å²) < 4.78 is 0. The number of rotatable bonds is 3. The number of benzene rings is 1. The summed E-state index contributed by atoms with van der Waals surface area (Å²) in [7, 11) is 1.59. The van der Waals surface area contributed by atoms with Gasteiger partial charge in [-0.2, -0.15) is 0 Å². The highest BCUT2D eigenvalue weighted by Crippen LogP contribution is 2.48. The van der Waals surface area contributed by atoms with E-state index in [1.807, 2.05) is 19.1 Å². The van der Waals surface area contributed by atoms with Crippen LogP contribution in [0.1, 0.15) is 24.8 Å². The predicted molar refractivity (Wildman–Crippen MR) is 62.4 cm³/mol. The maximum atomic E-state index is 5.84. The van der Waals surface area contributed by atoms with Crippen LogP contribution >= 0.6 is 11.6 Å². The molecule has 1 saturated carbocycles. The molecular weight excluding hydrogens is 210 g/mol. The Kier molecular flexibility index (Phi) is 2.96. The highest BCUT2D eigenvalue weighted by Gasteiger charge is 2.40. The summed E-state index contributed by atoms with van der Waals surface area (Å²) in [5.41, 5.74) is 2.42. The molecule has 1 aliphatic rings. The second-order valence-corrected chi connectivity index (χ2v) is 4.35. The Morgan fingerprint density at radius 1 is 1.40 bits per heavy atom. The van der Waals surface area contributed by atoms with Crippen molar-refractivity contribution < 1.29 is 4.84 Å². The minimum Gasteiger partial charge on any atom is -0.399 e. The molecule has 2 nitrogen and oxygen atoms in total. The molecule has 2 rings (SSSR count). The molecule has 80 valence electrons. The van der Waals surface area contributed by atoms with E-state index in [0.717, 1.165) is 10.7 Å². The van der Waals surface area contributed by atoms with Crippen molar-refractivity contribution in [2.24, 2.45) is 11.1 Å². The zero-order chi connectivity index (χ0) is 10.8. The number of hydrogen-bond donors (Lipinski definition) is 0. The highest BCUT2D eigenvalue weighted by molar-refractivity contribution is 6.30. The number of nitrogens with zero attached hydrogens (tertiary/aromatic N) is 1. The summed E-state index contributed by atoms with van der Waals surface area (Å²) in [6.07, 6.45) is 1.17. The first kappa shape index (κ1) is 10.5. The molecule has 0 amide bonds. The molecule has 0 heterocycles.